The molecule has 1 N–H and O–H groups in total. The van der Waals surface area contributed by atoms with Gasteiger partial charge in [0.25, 0.3) is 5.91 Å². The Bertz CT molecular complexity index is 679. The molecule has 8 heteroatoms. The van der Waals surface area contributed by atoms with Crippen molar-refractivity contribution in [1.29, 1.82) is 0 Å². The normalized spacial score (nSPS) is 42.1. The third-order valence-electron chi connectivity index (χ3n) is 9.41. The van der Waals surface area contributed by atoms with Gasteiger partial charge in [0.1, 0.15) is 0 Å². The van der Waals surface area contributed by atoms with Crippen LogP contribution in [0.15, 0.2) is 0 Å². The first-order valence-corrected chi connectivity index (χ1v) is 14.8. The summed E-state index contributed by atoms with van der Waals surface area (Å²) in [5.74, 6) is 1.62. The fraction of sp³-hybridized carbons (Fsp3) is 0.960. The maximum atomic E-state index is 15.1. The Morgan fingerprint density at radius 1 is 0.848 bits per heavy atom. The van der Waals surface area contributed by atoms with E-state index in [0.717, 1.165) is 78.4 Å². The van der Waals surface area contributed by atoms with Crippen LogP contribution in [0.1, 0.15) is 57.8 Å². The molecule has 6 aliphatic heterocycles. The van der Waals surface area contributed by atoms with Crippen molar-refractivity contribution >= 4 is 17.7 Å². The topological polar surface area (TPSA) is 51.3 Å². The monoisotopic (exact) mass is 477 g/mol. The number of rotatable bonds is 5. The van der Waals surface area contributed by atoms with Crippen LogP contribution in [0.5, 0.6) is 0 Å². The molecule has 0 radical (unpaired) electrons. The van der Waals surface area contributed by atoms with Crippen LogP contribution >= 0.6 is 11.8 Å². The lowest BCUT2D eigenvalue weighted by molar-refractivity contribution is -0.183. The molecule has 0 aromatic rings. The van der Waals surface area contributed by atoms with E-state index in [1.165, 1.54) is 50.7 Å². The lowest BCUT2D eigenvalue weighted by Gasteiger charge is -2.58. The van der Waals surface area contributed by atoms with Gasteiger partial charge in [-0.1, -0.05) is 6.42 Å². The van der Waals surface area contributed by atoms with Crippen molar-refractivity contribution in [3.05, 3.63) is 0 Å². The third-order valence-corrected chi connectivity index (χ3v) is 11.0. The van der Waals surface area contributed by atoms with Gasteiger partial charge in [0.15, 0.2) is 5.66 Å². The quantitative estimate of drug-likeness (QED) is 0.650. The third kappa shape index (κ3) is 3.53. The number of nitrogens with one attached hydrogen (secondary N) is 1. The molecule has 0 spiro atoms. The zero-order valence-electron chi connectivity index (χ0n) is 20.3. The second-order valence-corrected chi connectivity index (χ2v) is 12.3. The van der Waals surface area contributed by atoms with E-state index in [2.05, 4.69) is 36.9 Å². The van der Waals surface area contributed by atoms with Crippen LogP contribution < -0.4 is 5.32 Å². The molecule has 4 atom stereocenters. The van der Waals surface area contributed by atoms with Crippen LogP contribution in [0.3, 0.4) is 0 Å². The minimum Gasteiger partial charge on any atom is -0.377 e. The number of nitrogens with zero attached hydrogens (tertiary/aromatic N) is 4. The fourth-order valence-corrected chi connectivity index (χ4v) is 9.72. The van der Waals surface area contributed by atoms with Crippen molar-refractivity contribution in [3.63, 3.8) is 0 Å². The number of hydrogen-bond donors (Lipinski definition) is 1. The Labute approximate surface area is 203 Å². The van der Waals surface area contributed by atoms with Gasteiger partial charge < -0.3 is 10.1 Å². The standard InChI is InChI=1S/C25H43N5O2S/c31-23-25(28-14-4-5-15-28,27-12-2-1-3-13-27)24(21-8-6-18-32-21,22-9-7-19-33-22)20-30(23)29-16-10-26-11-17-29/h21-22,26H,1-20H2. The summed E-state index contributed by atoms with van der Waals surface area (Å²) >= 11 is 2.16. The SMILES string of the molecule is O=C1N(N2CCNCC2)CC(C2CCCO2)(C2CCCS2)C1(N1CCCCC1)N1CCCC1. The second-order valence-electron chi connectivity index (χ2n) is 11.0. The summed E-state index contributed by atoms with van der Waals surface area (Å²) < 4.78 is 6.67. The Balaban J connectivity index is 1.52. The van der Waals surface area contributed by atoms with Crippen molar-refractivity contribution in [1.82, 2.24) is 25.1 Å². The van der Waals surface area contributed by atoms with Crippen LogP contribution in [-0.4, -0.2) is 114 Å². The lowest BCUT2D eigenvalue weighted by atomic mass is 9.66. The van der Waals surface area contributed by atoms with Gasteiger partial charge in [0, 0.05) is 64.2 Å². The van der Waals surface area contributed by atoms with Gasteiger partial charge in [0.2, 0.25) is 0 Å². The molecule has 6 fully saturated rings. The van der Waals surface area contributed by atoms with Crippen LogP contribution in [0, 0.1) is 5.41 Å². The molecule has 6 rings (SSSR count). The summed E-state index contributed by atoms with van der Waals surface area (Å²) in [6, 6.07) is 0. The Morgan fingerprint density at radius 2 is 1.55 bits per heavy atom. The lowest BCUT2D eigenvalue weighted by Crippen LogP contribution is -2.76. The van der Waals surface area contributed by atoms with Crippen molar-refractivity contribution < 1.29 is 9.53 Å². The molecule has 0 bridgehead atoms. The largest absolute Gasteiger partial charge is 0.377 e. The number of carbonyl (C=O) groups excluding carboxylic acids is 1. The molecule has 33 heavy (non-hydrogen) atoms. The summed E-state index contributed by atoms with van der Waals surface area (Å²) in [5.41, 5.74) is -0.694. The molecular weight excluding hydrogens is 434 g/mol. The van der Waals surface area contributed by atoms with Gasteiger partial charge in [0.05, 0.1) is 18.1 Å². The van der Waals surface area contributed by atoms with Crippen LogP contribution in [0.25, 0.3) is 0 Å². The van der Waals surface area contributed by atoms with Crippen LogP contribution in [-0.2, 0) is 9.53 Å². The van der Waals surface area contributed by atoms with Crippen molar-refractivity contribution in [2.45, 2.75) is 74.8 Å². The minimum absolute atomic E-state index is 0.158. The molecule has 6 aliphatic rings. The number of thioether (sulfide) groups is 1. The number of amides is 1. The first-order valence-electron chi connectivity index (χ1n) is 13.8. The molecule has 0 aliphatic carbocycles. The summed E-state index contributed by atoms with van der Waals surface area (Å²) in [6.07, 6.45) is 11.1. The average Bonchev–Trinajstić information content (AvgIpc) is 3.68. The molecule has 0 aromatic heterocycles. The van der Waals surface area contributed by atoms with E-state index in [-0.39, 0.29) is 11.5 Å². The predicted octanol–water partition coefficient (Wildman–Crippen LogP) is 1.99. The number of hydrazine groups is 1. The fourth-order valence-electron chi connectivity index (χ4n) is 8.08. The van der Waals surface area contributed by atoms with E-state index in [4.69, 9.17) is 4.74 Å². The number of ether oxygens (including phenoxy) is 1. The molecule has 7 nitrogen and oxygen atoms in total. The zero-order chi connectivity index (χ0) is 22.3. The van der Waals surface area contributed by atoms with Gasteiger partial charge in [-0.05, 0) is 57.1 Å². The summed E-state index contributed by atoms with van der Waals surface area (Å²) in [4.78, 5) is 20.4. The van der Waals surface area contributed by atoms with Gasteiger partial charge in [-0.3, -0.25) is 19.6 Å². The van der Waals surface area contributed by atoms with Crippen LogP contribution in [0.2, 0.25) is 0 Å². The van der Waals surface area contributed by atoms with Gasteiger partial charge in [-0.25, -0.2) is 5.01 Å². The maximum Gasteiger partial charge on any atom is 0.273 e. The maximum absolute atomic E-state index is 15.1. The molecule has 1 amide bonds. The van der Waals surface area contributed by atoms with E-state index in [0.29, 0.717) is 11.2 Å². The molecule has 186 valence electrons. The molecular formula is C25H43N5O2S. The van der Waals surface area contributed by atoms with Crippen molar-refractivity contribution in [2.75, 3.05) is 71.3 Å². The summed E-state index contributed by atoms with van der Waals surface area (Å²) in [6.45, 7) is 9.75. The predicted molar refractivity (Wildman–Crippen MR) is 132 cm³/mol. The van der Waals surface area contributed by atoms with Gasteiger partial charge >= 0.3 is 0 Å². The molecule has 6 saturated heterocycles. The van der Waals surface area contributed by atoms with E-state index >= 15 is 4.79 Å². The highest BCUT2D eigenvalue weighted by molar-refractivity contribution is 8.00. The summed E-state index contributed by atoms with van der Waals surface area (Å²) in [5, 5.41) is 8.63. The molecule has 4 unspecified atom stereocenters. The molecule has 6 heterocycles. The average molecular weight is 478 g/mol. The van der Waals surface area contributed by atoms with E-state index in [1.54, 1.807) is 0 Å². The summed E-state index contributed by atoms with van der Waals surface area (Å²) in [7, 11) is 0. The van der Waals surface area contributed by atoms with Crippen molar-refractivity contribution in [3.8, 4) is 0 Å². The van der Waals surface area contributed by atoms with Crippen LogP contribution in [0.4, 0.5) is 0 Å². The number of piperidine rings is 1. The van der Waals surface area contributed by atoms with Gasteiger partial charge in [-0.15, -0.1) is 0 Å². The van der Waals surface area contributed by atoms with E-state index < -0.39 is 5.66 Å². The first-order chi connectivity index (χ1) is 16.3. The van der Waals surface area contributed by atoms with Gasteiger partial charge in [-0.2, -0.15) is 11.8 Å². The molecule has 0 saturated carbocycles. The Morgan fingerprint density at radius 3 is 2.15 bits per heavy atom. The molecule has 0 aromatic carbocycles. The number of piperazine rings is 1. The first kappa shape index (κ1) is 23.0. The number of hydrogen-bond acceptors (Lipinski definition) is 7. The zero-order valence-corrected chi connectivity index (χ0v) is 21.1. The second kappa shape index (κ2) is 9.58. The highest BCUT2D eigenvalue weighted by Gasteiger charge is 2.75. The minimum atomic E-state index is -0.536. The Hall–Kier alpha value is -0.380. The highest BCUT2D eigenvalue weighted by Crippen LogP contribution is 2.60. The highest BCUT2D eigenvalue weighted by atomic mass is 32.2. The number of likely N-dealkylation sites (tertiary alicyclic amines) is 2. The number of carbonyl (C=O) groups is 1. The van der Waals surface area contributed by atoms with Crippen molar-refractivity contribution in [2.24, 2.45) is 5.41 Å². The Kier molecular flexibility index (Phi) is 6.69. The smallest absolute Gasteiger partial charge is 0.273 e. The van der Waals surface area contributed by atoms with E-state index in [1.807, 2.05) is 0 Å². The van der Waals surface area contributed by atoms with E-state index in [9.17, 15) is 0 Å².